The third kappa shape index (κ3) is 4.94. The minimum atomic E-state index is 0.501. The van der Waals surface area contributed by atoms with Crippen molar-refractivity contribution in [1.29, 1.82) is 0 Å². The van der Waals surface area contributed by atoms with Gasteiger partial charge in [-0.2, -0.15) is 0 Å². The minimum Gasteiger partial charge on any atom is -0.319 e. The van der Waals surface area contributed by atoms with Crippen molar-refractivity contribution >= 4 is 0 Å². The fourth-order valence-electron chi connectivity index (χ4n) is 2.70. The number of hydrogen-bond donors (Lipinski definition) is 1. The van der Waals surface area contributed by atoms with E-state index in [1.54, 1.807) is 0 Å². The summed E-state index contributed by atoms with van der Waals surface area (Å²) >= 11 is 0. The van der Waals surface area contributed by atoms with Crippen LogP contribution in [0.1, 0.15) is 26.7 Å². The van der Waals surface area contributed by atoms with Crippen LogP contribution in [0.5, 0.6) is 0 Å². The van der Waals surface area contributed by atoms with Crippen molar-refractivity contribution in [3.8, 4) is 0 Å². The van der Waals surface area contributed by atoms with Crippen LogP contribution in [0.15, 0.2) is 0 Å². The van der Waals surface area contributed by atoms with Gasteiger partial charge in [0.2, 0.25) is 0 Å². The average molecular weight is 241 g/mol. The van der Waals surface area contributed by atoms with Crippen LogP contribution in [0, 0.1) is 11.3 Å². The van der Waals surface area contributed by atoms with Gasteiger partial charge in [0, 0.05) is 6.54 Å². The van der Waals surface area contributed by atoms with Crippen LogP contribution in [0.3, 0.4) is 0 Å². The van der Waals surface area contributed by atoms with Gasteiger partial charge in [-0.1, -0.05) is 13.8 Å². The Bertz CT molecular complexity index is 214. The molecule has 0 aromatic carbocycles. The van der Waals surface area contributed by atoms with E-state index in [1.807, 2.05) is 0 Å². The van der Waals surface area contributed by atoms with Gasteiger partial charge in [0.15, 0.2) is 0 Å². The van der Waals surface area contributed by atoms with Crippen LogP contribution in [-0.2, 0) is 0 Å². The van der Waals surface area contributed by atoms with Crippen molar-refractivity contribution in [1.82, 2.24) is 15.1 Å². The second-order valence-corrected chi connectivity index (χ2v) is 6.45. The van der Waals surface area contributed by atoms with Crippen molar-refractivity contribution in [2.24, 2.45) is 11.3 Å². The van der Waals surface area contributed by atoms with E-state index in [2.05, 4.69) is 50.1 Å². The van der Waals surface area contributed by atoms with E-state index < -0.39 is 0 Å². The molecular formula is C14H31N3. The average Bonchev–Trinajstić information content (AvgIpc) is 2.23. The quantitative estimate of drug-likeness (QED) is 0.760. The Morgan fingerprint density at radius 2 is 2.06 bits per heavy atom. The third-order valence-corrected chi connectivity index (χ3v) is 4.19. The topological polar surface area (TPSA) is 18.5 Å². The zero-order valence-electron chi connectivity index (χ0n) is 12.4. The van der Waals surface area contributed by atoms with Crippen molar-refractivity contribution < 1.29 is 0 Å². The molecule has 0 bridgehead atoms. The fraction of sp³-hybridized carbons (Fsp3) is 1.00. The van der Waals surface area contributed by atoms with Gasteiger partial charge in [-0.25, -0.2) is 0 Å². The smallest absolute Gasteiger partial charge is 0.00269 e. The molecule has 0 aromatic heterocycles. The summed E-state index contributed by atoms with van der Waals surface area (Å²) in [5, 5.41) is 3.35. The molecule has 0 radical (unpaired) electrons. The number of likely N-dealkylation sites (tertiary alicyclic amines) is 1. The Morgan fingerprint density at radius 1 is 1.35 bits per heavy atom. The van der Waals surface area contributed by atoms with E-state index in [0.29, 0.717) is 5.41 Å². The molecule has 1 atom stereocenters. The van der Waals surface area contributed by atoms with Gasteiger partial charge >= 0.3 is 0 Å². The first kappa shape index (κ1) is 14.9. The van der Waals surface area contributed by atoms with E-state index >= 15 is 0 Å². The number of rotatable bonds is 6. The highest BCUT2D eigenvalue weighted by Crippen LogP contribution is 2.35. The first-order valence-electron chi connectivity index (χ1n) is 6.97. The highest BCUT2D eigenvalue weighted by Gasteiger charge is 2.34. The van der Waals surface area contributed by atoms with E-state index in [0.717, 1.165) is 12.5 Å². The molecule has 1 unspecified atom stereocenters. The monoisotopic (exact) mass is 241 g/mol. The Balaban J connectivity index is 2.35. The Morgan fingerprint density at radius 3 is 2.65 bits per heavy atom. The first-order valence-corrected chi connectivity index (χ1v) is 6.97. The van der Waals surface area contributed by atoms with Gasteiger partial charge in [-0.05, 0) is 71.5 Å². The van der Waals surface area contributed by atoms with Crippen LogP contribution >= 0.6 is 0 Å². The summed E-state index contributed by atoms with van der Waals surface area (Å²) in [6.07, 6.45) is 2.63. The van der Waals surface area contributed by atoms with Gasteiger partial charge in [0.25, 0.3) is 0 Å². The van der Waals surface area contributed by atoms with Crippen molar-refractivity contribution in [3.05, 3.63) is 0 Å². The maximum Gasteiger partial charge on any atom is 0.00269 e. The van der Waals surface area contributed by atoms with Crippen LogP contribution in [0.25, 0.3) is 0 Å². The summed E-state index contributed by atoms with van der Waals surface area (Å²) in [4.78, 5) is 4.93. The molecule has 0 amide bonds. The van der Waals surface area contributed by atoms with Gasteiger partial charge in [0.1, 0.15) is 0 Å². The van der Waals surface area contributed by atoms with Crippen molar-refractivity contribution in [3.63, 3.8) is 0 Å². The fourth-order valence-corrected chi connectivity index (χ4v) is 2.70. The summed E-state index contributed by atoms with van der Waals surface area (Å²) in [5.74, 6) is 0.792. The third-order valence-electron chi connectivity index (χ3n) is 4.19. The molecule has 1 rings (SSSR count). The molecule has 102 valence electrons. The number of hydrogen-bond acceptors (Lipinski definition) is 3. The number of piperidine rings is 1. The van der Waals surface area contributed by atoms with Crippen molar-refractivity contribution in [2.45, 2.75) is 26.7 Å². The largest absolute Gasteiger partial charge is 0.319 e. The Hall–Kier alpha value is -0.120. The molecule has 1 heterocycles. The second kappa shape index (κ2) is 6.72. The highest BCUT2D eigenvalue weighted by molar-refractivity contribution is 4.87. The van der Waals surface area contributed by atoms with E-state index in [-0.39, 0.29) is 0 Å². The van der Waals surface area contributed by atoms with Crippen LogP contribution in [0.4, 0.5) is 0 Å². The maximum absolute atomic E-state index is 3.35. The molecule has 17 heavy (non-hydrogen) atoms. The molecule has 3 nitrogen and oxygen atoms in total. The zero-order valence-corrected chi connectivity index (χ0v) is 12.4. The molecule has 1 saturated heterocycles. The van der Waals surface area contributed by atoms with Gasteiger partial charge in [-0.3, -0.25) is 0 Å². The molecule has 1 aliphatic rings. The lowest BCUT2D eigenvalue weighted by molar-refractivity contribution is 0.0594. The lowest BCUT2D eigenvalue weighted by atomic mass is 9.73. The number of nitrogens with zero attached hydrogens (tertiary/aromatic N) is 2. The van der Waals surface area contributed by atoms with E-state index in [4.69, 9.17) is 0 Å². The molecule has 3 heteroatoms. The molecular weight excluding hydrogens is 210 g/mol. The lowest BCUT2D eigenvalue weighted by Gasteiger charge is -2.44. The van der Waals surface area contributed by atoms with E-state index in [9.17, 15) is 0 Å². The summed E-state index contributed by atoms with van der Waals surface area (Å²) in [5.41, 5.74) is 0.501. The van der Waals surface area contributed by atoms with Gasteiger partial charge in [-0.15, -0.1) is 0 Å². The normalized spacial score (nSPS) is 25.4. The Labute approximate surface area is 108 Å². The van der Waals surface area contributed by atoms with Gasteiger partial charge < -0.3 is 15.1 Å². The zero-order chi connectivity index (χ0) is 12.9. The highest BCUT2D eigenvalue weighted by atomic mass is 15.1. The first-order chi connectivity index (χ1) is 7.95. The standard InChI is InChI=1S/C14H31N3/c1-14(2)7-10-17(9-6-8-16(4)5)12-13(14)11-15-3/h13,15H,6-12H2,1-5H3. The molecule has 1 fully saturated rings. The molecule has 0 aromatic rings. The minimum absolute atomic E-state index is 0.501. The molecule has 0 saturated carbocycles. The summed E-state index contributed by atoms with van der Waals surface area (Å²) in [7, 11) is 6.38. The summed E-state index contributed by atoms with van der Waals surface area (Å²) in [6.45, 7) is 11.0. The SMILES string of the molecule is CNCC1CN(CCCN(C)C)CCC1(C)C. The Kier molecular flexibility index (Phi) is 5.90. The van der Waals surface area contributed by atoms with Gasteiger partial charge in [0.05, 0.1) is 0 Å². The maximum atomic E-state index is 3.35. The predicted molar refractivity (Wildman–Crippen MR) is 75.4 cm³/mol. The lowest BCUT2D eigenvalue weighted by Crippen LogP contribution is -2.48. The molecule has 0 aliphatic carbocycles. The van der Waals surface area contributed by atoms with Crippen LogP contribution in [-0.4, -0.2) is 63.7 Å². The summed E-state index contributed by atoms with van der Waals surface area (Å²) < 4.78 is 0. The van der Waals surface area contributed by atoms with Crippen molar-refractivity contribution in [2.75, 3.05) is 53.9 Å². The number of nitrogens with one attached hydrogen (secondary N) is 1. The molecule has 1 aliphatic heterocycles. The molecule has 1 N–H and O–H groups in total. The van der Waals surface area contributed by atoms with Crippen LogP contribution < -0.4 is 5.32 Å². The molecule has 0 spiro atoms. The van der Waals surface area contributed by atoms with E-state index in [1.165, 1.54) is 39.0 Å². The predicted octanol–water partition coefficient (Wildman–Crippen LogP) is 1.51. The second-order valence-electron chi connectivity index (χ2n) is 6.45. The van der Waals surface area contributed by atoms with Crippen LogP contribution in [0.2, 0.25) is 0 Å². The summed E-state index contributed by atoms with van der Waals surface area (Å²) in [6, 6.07) is 0.